The summed E-state index contributed by atoms with van der Waals surface area (Å²) in [5.74, 6) is 0.400. The van der Waals surface area contributed by atoms with E-state index in [2.05, 4.69) is 10.4 Å². The van der Waals surface area contributed by atoms with Crippen LogP contribution in [0.15, 0.2) is 12.4 Å². The standard InChI is InChI=1S/C15H22N4O2/c1-3-4-12-14(20)17-13(11-5-6-11)15(21)19(12)9-10-7-16-18(2)8-10/h7-8,11-13H,3-6,9H2,1-2H3,(H,17,20). The van der Waals surface area contributed by atoms with Gasteiger partial charge in [-0.2, -0.15) is 5.10 Å². The Morgan fingerprint density at radius 3 is 2.71 bits per heavy atom. The van der Waals surface area contributed by atoms with Crippen molar-refractivity contribution in [3.63, 3.8) is 0 Å². The topological polar surface area (TPSA) is 67.2 Å². The largest absolute Gasteiger partial charge is 0.342 e. The van der Waals surface area contributed by atoms with Gasteiger partial charge in [0.05, 0.1) is 6.20 Å². The van der Waals surface area contributed by atoms with E-state index >= 15 is 0 Å². The van der Waals surface area contributed by atoms with E-state index in [1.54, 1.807) is 15.8 Å². The Labute approximate surface area is 124 Å². The van der Waals surface area contributed by atoms with Crippen molar-refractivity contribution < 1.29 is 9.59 Å². The minimum absolute atomic E-state index is 0.00256. The first-order chi connectivity index (χ1) is 10.1. The molecule has 0 bridgehead atoms. The second kappa shape index (κ2) is 5.50. The zero-order valence-electron chi connectivity index (χ0n) is 12.6. The predicted octanol–water partition coefficient (Wildman–Crippen LogP) is 0.826. The summed E-state index contributed by atoms with van der Waals surface area (Å²) in [7, 11) is 1.85. The summed E-state index contributed by atoms with van der Waals surface area (Å²) in [5, 5.41) is 7.07. The number of piperazine rings is 1. The molecular weight excluding hydrogens is 268 g/mol. The van der Waals surface area contributed by atoms with E-state index in [4.69, 9.17) is 0 Å². The molecule has 6 heteroatoms. The van der Waals surface area contributed by atoms with Crippen molar-refractivity contribution in [1.29, 1.82) is 0 Å². The molecule has 0 radical (unpaired) electrons. The maximum atomic E-state index is 12.7. The molecule has 2 atom stereocenters. The molecule has 0 spiro atoms. The molecule has 1 aliphatic carbocycles. The lowest BCUT2D eigenvalue weighted by Crippen LogP contribution is -2.63. The Kier molecular flexibility index (Phi) is 3.69. The second-order valence-electron chi connectivity index (χ2n) is 6.12. The van der Waals surface area contributed by atoms with Crippen LogP contribution in [-0.2, 0) is 23.2 Å². The lowest BCUT2D eigenvalue weighted by Gasteiger charge is -2.39. The third-order valence-corrected chi connectivity index (χ3v) is 4.29. The molecular formula is C15H22N4O2. The van der Waals surface area contributed by atoms with Crippen LogP contribution in [0.3, 0.4) is 0 Å². The number of nitrogens with one attached hydrogen (secondary N) is 1. The molecule has 3 rings (SSSR count). The number of nitrogens with zero attached hydrogens (tertiary/aromatic N) is 3. The summed E-state index contributed by atoms with van der Waals surface area (Å²) in [4.78, 5) is 26.8. The van der Waals surface area contributed by atoms with Crippen LogP contribution in [0.2, 0.25) is 0 Å². The molecule has 1 N–H and O–H groups in total. The third kappa shape index (κ3) is 2.80. The van der Waals surface area contributed by atoms with E-state index in [1.165, 1.54) is 0 Å². The fourth-order valence-corrected chi connectivity index (χ4v) is 3.03. The van der Waals surface area contributed by atoms with Crippen LogP contribution >= 0.6 is 0 Å². The maximum absolute atomic E-state index is 12.7. The van der Waals surface area contributed by atoms with E-state index in [9.17, 15) is 9.59 Å². The molecule has 0 aromatic carbocycles. The molecule has 1 aromatic rings. The van der Waals surface area contributed by atoms with Crippen LogP contribution < -0.4 is 5.32 Å². The van der Waals surface area contributed by atoms with Crippen molar-refractivity contribution in [3.8, 4) is 0 Å². The van der Waals surface area contributed by atoms with Gasteiger partial charge < -0.3 is 10.2 Å². The smallest absolute Gasteiger partial charge is 0.246 e. The summed E-state index contributed by atoms with van der Waals surface area (Å²) in [6.07, 6.45) is 7.31. The Morgan fingerprint density at radius 1 is 1.38 bits per heavy atom. The zero-order chi connectivity index (χ0) is 15.0. The van der Waals surface area contributed by atoms with Gasteiger partial charge in [-0.15, -0.1) is 0 Å². The van der Waals surface area contributed by atoms with Crippen LogP contribution in [0.4, 0.5) is 0 Å². The molecule has 21 heavy (non-hydrogen) atoms. The number of carbonyl (C=O) groups is 2. The summed E-state index contributed by atoms with van der Waals surface area (Å²) < 4.78 is 1.72. The molecule has 1 saturated carbocycles. The lowest BCUT2D eigenvalue weighted by molar-refractivity contribution is -0.151. The number of rotatable bonds is 5. The highest BCUT2D eigenvalue weighted by molar-refractivity contribution is 5.97. The van der Waals surface area contributed by atoms with Crippen LogP contribution in [0.5, 0.6) is 0 Å². The minimum atomic E-state index is -0.349. The average molecular weight is 290 g/mol. The molecule has 2 unspecified atom stereocenters. The first-order valence-electron chi connectivity index (χ1n) is 7.68. The number of aromatic nitrogens is 2. The van der Waals surface area contributed by atoms with E-state index in [1.807, 2.05) is 20.2 Å². The fraction of sp³-hybridized carbons (Fsp3) is 0.667. The van der Waals surface area contributed by atoms with Crippen molar-refractivity contribution in [2.45, 2.75) is 51.2 Å². The highest BCUT2D eigenvalue weighted by Crippen LogP contribution is 2.35. The number of carbonyl (C=O) groups excluding carboxylic acids is 2. The molecule has 1 aromatic heterocycles. The van der Waals surface area contributed by atoms with Crippen molar-refractivity contribution >= 4 is 11.8 Å². The van der Waals surface area contributed by atoms with Crippen molar-refractivity contribution in [3.05, 3.63) is 18.0 Å². The summed E-state index contributed by atoms with van der Waals surface area (Å²) >= 11 is 0. The van der Waals surface area contributed by atoms with Gasteiger partial charge in [0.25, 0.3) is 0 Å². The SMILES string of the molecule is CCCC1C(=O)NC(C2CC2)C(=O)N1Cc1cnn(C)c1. The fourth-order valence-electron chi connectivity index (χ4n) is 3.03. The Bertz CT molecular complexity index is 550. The van der Waals surface area contributed by atoms with Crippen molar-refractivity contribution in [2.75, 3.05) is 0 Å². The first kappa shape index (κ1) is 14.1. The van der Waals surface area contributed by atoms with E-state index < -0.39 is 0 Å². The Morgan fingerprint density at radius 2 is 2.14 bits per heavy atom. The Hall–Kier alpha value is -1.85. The normalized spacial score (nSPS) is 26.1. The highest BCUT2D eigenvalue weighted by atomic mass is 16.2. The van der Waals surface area contributed by atoms with Crippen LogP contribution in [0.25, 0.3) is 0 Å². The third-order valence-electron chi connectivity index (χ3n) is 4.29. The highest BCUT2D eigenvalue weighted by Gasteiger charge is 2.46. The summed E-state index contributed by atoms with van der Waals surface area (Å²) in [6, 6.07) is -0.667. The van der Waals surface area contributed by atoms with Gasteiger partial charge in [0, 0.05) is 25.4 Å². The monoisotopic (exact) mass is 290 g/mol. The summed E-state index contributed by atoms with van der Waals surface area (Å²) in [6.45, 7) is 2.50. The minimum Gasteiger partial charge on any atom is -0.342 e. The predicted molar refractivity (Wildman–Crippen MR) is 77.1 cm³/mol. The molecule has 2 heterocycles. The van der Waals surface area contributed by atoms with Gasteiger partial charge in [-0.1, -0.05) is 13.3 Å². The maximum Gasteiger partial charge on any atom is 0.246 e. The molecule has 1 saturated heterocycles. The number of amides is 2. The number of hydrogen-bond acceptors (Lipinski definition) is 3. The van der Waals surface area contributed by atoms with Gasteiger partial charge >= 0.3 is 0 Å². The van der Waals surface area contributed by atoms with Crippen molar-refractivity contribution in [2.24, 2.45) is 13.0 Å². The molecule has 2 aliphatic rings. The average Bonchev–Trinajstić information content (AvgIpc) is 3.21. The lowest BCUT2D eigenvalue weighted by atomic mass is 10.00. The molecule has 6 nitrogen and oxygen atoms in total. The molecule has 2 fully saturated rings. The van der Waals surface area contributed by atoms with E-state index in [-0.39, 0.29) is 23.9 Å². The molecule has 1 aliphatic heterocycles. The number of hydrogen-bond donors (Lipinski definition) is 1. The van der Waals surface area contributed by atoms with Crippen LogP contribution in [0.1, 0.15) is 38.2 Å². The van der Waals surface area contributed by atoms with E-state index in [0.29, 0.717) is 18.9 Å². The van der Waals surface area contributed by atoms with Gasteiger partial charge in [-0.05, 0) is 25.2 Å². The molecule has 2 amide bonds. The quantitative estimate of drug-likeness (QED) is 0.873. The van der Waals surface area contributed by atoms with Gasteiger partial charge in [-0.25, -0.2) is 0 Å². The van der Waals surface area contributed by atoms with Crippen molar-refractivity contribution in [1.82, 2.24) is 20.0 Å². The van der Waals surface area contributed by atoms with E-state index in [0.717, 1.165) is 24.8 Å². The van der Waals surface area contributed by atoms with Crippen LogP contribution in [-0.4, -0.2) is 38.6 Å². The Balaban J connectivity index is 1.82. The second-order valence-corrected chi connectivity index (χ2v) is 6.12. The molecule has 114 valence electrons. The van der Waals surface area contributed by atoms with Crippen LogP contribution in [0, 0.1) is 5.92 Å². The van der Waals surface area contributed by atoms with Gasteiger partial charge in [0.1, 0.15) is 12.1 Å². The zero-order valence-corrected chi connectivity index (χ0v) is 12.6. The van der Waals surface area contributed by atoms with Gasteiger partial charge in [-0.3, -0.25) is 14.3 Å². The van der Waals surface area contributed by atoms with Gasteiger partial charge in [0.15, 0.2) is 0 Å². The number of aryl methyl sites for hydroxylation is 1. The first-order valence-corrected chi connectivity index (χ1v) is 7.68. The van der Waals surface area contributed by atoms with Gasteiger partial charge in [0.2, 0.25) is 11.8 Å². The summed E-state index contributed by atoms with van der Waals surface area (Å²) in [5.41, 5.74) is 0.969.